The molecule has 0 unspecified atom stereocenters. The Kier molecular flexibility index (Phi) is 4.20. The molecule has 0 radical (unpaired) electrons. The number of hydrogen-bond donors (Lipinski definition) is 1. The van der Waals surface area contributed by atoms with Crippen molar-refractivity contribution < 1.29 is 4.74 Å². The molecule has 0 atom stereocenters. The van der Waals surface area contributed by atoms with Gasteiger partial charge in [-0.3, -0.25) is 9.20 Å². The Balaban J connectivity index is 1.78. The first-order valence-corrected chi connectivity index (χ1v) is 7.53. The summed E-state index contributed by atoms with van der Waals surface area (Å²) in [6.45, 7) is 2.22. The summed E-state index contributed by atoms with van der Waals surface area (Å²) in [4.78, 5) is 16.8. The van der Waals surface area contributed by atoms with E-state index in [9.17, 15) is 4.79 Å². The fourth-order valence-electron chi connectivity index (χ4n) is 2.90. The molecule has 1 aliphatic heterocycles. The molecule has 2 aromatic heterocycles. The minimum Gasteiger partial charge on any atom is -0.495 e. The highest BCUT2D eigenvalue weighted by atomic mass is 16.5. The van der Waals surface area contributed by atoms with Crippen LogP contribution < -0.4 is 15.6 Å². The minimum absolute atomic E-state index is 0.0424. The monoisotopic (exact) mass is 287 g/mol. The van der Waals surface area contributed by atoms with Crippen LogP contribution in [0, 0.1) is 5.92 Å². The van der Waals surface area contributed by atoms with Crippen LogP contribution in [0.2, 0.25) is 0 Å². The first-order valence-electron chi connectivity index (χ1n) is 7.53. The smallest absolute Gasteiger partial charge is 0.258 e. The molecule has 0 spiro atoms. The van der Waals surface area contributed by atoms with E-state index < -0.39 is 0 Å². The van der Waals surface area contributed by atoms with E-state index in [0.29, 0.717) is 11.4 Å². The van der Waals surface area contributed by atoms with E-state index in [4.69, 9.17) is 4.74 Å². The lowest BCUT2D eigenvalue weighted by Crippen LogP contribution is -2.28. The Bertz CT molecular complexity index is 675. The van der Waals surface area contributed by atoms with Gasteiger partial charge in [0.2, 0.25) is 0 Å². The van der Waals surface area contributed by atoms with E-state index in [0.717, 1.165) is 37.5 Å². The van der Waals surface area contributed by atoms with Crippen molar-refractivity contribution >= 4 is 5.65 Å². The molecule has 0 saturated carbocycles. The van der Waals surface area contributed by atoms with Crippen molar-refractivity contribution in [2.75, 3.05) is 20.2 Å². The lowest BCUT2D eigenvalue weighted by Gasteiger charge is -2.22. The zero-order valence-corrected chi connectivity index (χ0v) is 12.3. The van der Waals surface area contributed by atoms with Gasteiger partial charge in [-0.15, -0.1) is 0 Å². The Morgan fingerprint density at radius 2 is 2.19 bits per heavy atom. The van der Waals surface area contributed by atoms with Gasteiger partial charge in [-0.2, -0.15) is 0 Å². The number of aromatic nitrogens is 2. The summed E-state index contributed by atoms with van der Waals surface area (Å²) in [5, 5.41) is 3.38. The summed E-state index contributed by atoms with van der Waals surface area (Å²) in [6, 6.07) is 5.31. The highest BCUT2D eigenvalue weighted by Crippen LogP contribution is 2.18. The highest BCUT2D eigenvalue weighted by Gasteiger charge is 2.13. The SMILES string of the molecule is COc1ccc2nc(CCC3CCNCC3)cc(=O)n2c1. The molecule has 1 aliphatic rings. The maximum atomic E-state index is 12.2. The van der Waals surface area contributed by atoms with Crippen molar-refractivity contribution in [2.45, 2.75) is 25.7 Å². The maximum absolute atomic E-state index is 12.2. The number of aryl methyl sites for hydroxylation is 1. The third-order valence-corrected chi connectivity index (χ3v) is 4.19. The zero-order chi connectivity index (χ0) is 14.7. The number of nitrogens with zero attached hydrogens (tertiary/aromatic N) is 2. The fraction of sp³-hybridized carbons (Fsp3) is 0.500. The third kappa shape index (κ3) is 3.24. The van der Waals surface area contributed by atoms with E-state index in [1.807, 2.05) is 12.1 Å². The second-order valence-electron chi connectivity index (χ2n) is 5.61. The van der Waals surface area contributed by atoms with Crippen LogP contribution in [0.4, 0.5) is 0 Å². The van der Waals surface area contributed by atoms with E-state index in [1.54, 1.807) is 19.4 Å². The number of pyridine rings is 1. The summed E-state index contributed by atoms with van der Waals surface area (Å²) in [6.07, 6.45) is 6.12. The third-order valence-electron chi connectivity index (χ3n) is 4.19. The van der Waals surface area contributed by atoms with Crippen LogP contribution in [-0.4, -0.2) is 29.6 Å². The number of hydrogen-bond acceptors (Lipinski definition) is 4. The second kappa shape index (κ2) is 6.26. The zero-order valence-electron chi connectivity index (χ0n) is 12.3. The standard InChI is InChI=1S/C16H21N3O2/c1-21-14-4-5-15-18-13(10-16(20)19(15)11-14)3-2-12-6-8-17-9-7-12/h4-5,10-12,17H,2-3,6-9H2,1H3. The van der Waals surface area contributed by atoms with Gasteiger partial charge in [0.05, 0.1) is 13.3 Å². The Hall–Kier alpha value is -1.88. The van der Waals surface area contributed by atoms with Crippen LogP contribution in [0.15, 0.2) is 29.2 Å². The van der Waals surface area contributed by atoms with Gasteiger partial charge in [-0.25, -0.2) is 4.98 Å². The molecule has 1 fully saturated rings. The van der Waals surface area contributed by atoms with E-state index in [-0.39, 0.29) is 5.56 Å². The van der Waals surface area contributed by atoms with Gasteiger partial charge in [-0.05, 0) is 56.8 Å². The summed E-state index contributed by atoms with van der Waals surface area (Å²) < 4.78 is 6.68. The molecule has 1 saturated heterocycles. The Morgan fingerprint density at radius 1 is 1.38 bits per heavy atom. The molecule has 5 heteroatoms. The summed E-state index contributed by atoms with van der Waals surface area (Å²) >= 11 is 0. The van der Waals surface area contributed by atoms with Gasteiger partial charge in [0.25, 0.3) is 5.56 Å². The van der Waals surface area contributed by atoms with Crippen molar-refractivity contribution in [3.8, 4) is 5.75 Å². The summed E-state index contributed by atoms with van der Waals surface area (Å²) in [5.74, 6) is 1.41. The van der Waals surface area contributed by atoms with Crippen LogP contribution >= 0.6 is 0 Å². The van der Waals surface area contributed by atoms with Gasteiger partial charge in [-0.1, -0.05) is 0 Å². The molecule has 112 valence electrons. The summed E-state index contributed by atoms with van der Waals surface area (Å²) in [5.41, 5.74) is 1.53. The molecular weight excluding hydrogens is 266 g/mol. The van der Waals surface area contributed by atoms with E-state index in [2.05, 4.69) is 10.3 Å². The van der Waals surface area contributed by atoms with Crippen molar-refractivity contribution in [1.29, 1.82) is 0 Å². The lowest BCUT2D eigenvalue weighted by atomic mass is 9.92. The predicted octanol–water partition coefficient (Wildman–Crippen LogP) is 1.64. The van der Waals surface area contributed by atoms with Crippen molar-refractivity contribution in [3.05, 3.63) is 40.4 Å². The van der Waals surface area contributed by atoms with Gasteiger partial charge in [0.15, 0.2) is 0 Å². The Morgan fingerprint density at radius 3 is 2.95 bits per heavy atom. The van der Waals surface area contributed by atoms with Crippen LogP contribution in [-0.2, 0) is 6.42 Å². The van der Waals surface area contributed by atoms with E-state index in [1.165, 1.54) is 17.2 Å². The van der Waals surface area contributed by atoms with Crippen molar-refractivity contribution in [1.82, 2.24) is 14.7 Å². The Labute approximate surface area is 124 Å². The van der Waals surface area contributed by atoms with Crippen LogP contribution in [0.1, 0.15) is 25.0 Å². The number of ether oxygens (including phenoxy) is 1. The maximum Gasteiger partial charge on any atom is 0.258 e. The molecule has 1 N–H and O–H groups in total. The predicted molar refractivity (Wildman–Crippen MR) is 81.9 cm³/mol. The number of rotatable bonds is 4. The number of fused-ring (bicyclic) bond motifs is 1. The van der Waals surface area contributed by atoms with Crippen LogP contribution in [0.3, 0.4) is 0 Å². The largest absolute Gasteiger partial charge is 0.495 e. The van der Waals surface area contributed by atoms with Gasteiger partial charge < -0.3 is 10.1 Å². The number of methoxy groups -OCH3 is 1. The summed E-state index contributed by atoms with van der Waals surface area (Å²) in [7, 11) is 1.59. The molecular formula is C16H21N3O2. The molecule has 3 rings (SSSR count). The fourth-order valence-corrected chi connectivity index (χ4v) is 2.90. The average molecular weight is 287 g/mol. The second-order valence-corrected chi connectivity index (χ2v) is 5.61. The van der Waals surface area contributed by atoms with Crippen molar-refractivity contribution in [3.63, 3.8) is 0 Å². The van der Waals surface area contributed by atoms with Crippen LogP contribution in [0.5, 0.6) is 5.75 Å². The molecule has 0 aromatic carbocycles. The first-order chi connectivity index (χ1) is 10.3. The topological polar surface area (TPSA) is 55.6 Å². The normalized spacial score (nSPS) is 16.2. The van der Waals surface area contributed by atoms with Gasteiger partial charge in [0.1, 0.15) is 11.4 Å². The minimum atomic E-state index is -0.0424. The van der Waals surface area contributed by atoms with Crippen LogP contribution in [0.25, 0.3) is 5.65 Å². The van der Waals surface area contributed by atoms with Gasteiger partial charge >= 0.3 is 0 Å². The molecule has 0 aliphatic carbocycles. The highest BCUT2D eigenvalue weighted by molar-refractivity contribution is 5.41. The molecule has 2 aromatic rings. The molecule has 0 amide bonds. The molecule has 0 bridgehead atoms. The first kappa shape index (κ1) is 14.1. The van der Waals surface area contributed by atoms with Gasteiger partial charge in [0, 0.05) is 11.8 Å². The average Bonchev–Trinajstić information content (AvgIpc) is 2.54. The number of nitrogens with one attached hydrogen (secondary N) is 1. The number of piperidine rings is 1. The molecule has 3 heterocycles. The molecule has 5 nitrogen and oxygen atoms in total. The molecule has 21 heavy (non-hydrogen) atoms. The van der Waals surface area contributed by atoms with Crippen molar-refractivity contribution in [2.24, 2.45) is 5.92 Å². The quantitative estimate of drug-likeness (QED) is 0.928. The lowest BCUT2D eigenvalue weighted by molar-refractivity contribution is 0.353. The van der Waals surface area contributed by atoms with E-state index >= 15 is 0 Å².